The molecule has 5 heteroatoms. The Kier molecular flexibility index (Phi) is 4.52. The van der Waals surface area contributed by atoms with Gasteiger partial charge >= 0.3 is 5.97 Å². The van der Waals surface area contributed by atoms with E-state index in [1.54, 1.807) is 29.6 Å². The quantitative estimate of drug-likeness (QED) is 0.857. The first-order valence-electron chi connectivity index (χ1n) is 5.74. The second-order valence-electron chi connectivity index (χ2n) is 3.84. The molecule has 0 bridgehead atoms. The minimum Gasteiger partial charge on any atom is -0.465 e. The maximum Gasteiger partial charge on any atom is 0.323 e. The Morgan fingerprint density at radius 2 is 2.28 bits per heavy atom. The Balaban J connectivity index is 2.01. The molecule has 0 aromatic carbocycles. The molecule has 96 valence electrons. The maximum absolute atomic E-state index is 11.4. The summed E-state index contributed by atoms with van der Waals surface area (Å²) in [4.78, 5) is 13.8. The molecule has 1 atom stereocenters. The first-order chi connectivity index (χ1) is 8.70. The van der Waals surface area contributed by atoms with Gasteiger partial charge in [-0.3, -0.25) is 4.79 Å². The molecule has 0 saturated carbocycles. The summed E-state index contributed by atoms with van der Waals surface area (Å²) in [6.45, 7) is 2.15. The van der Waals surface area contributed by atoms with Crippen LogP contribution in [0.2, 0.25) is 0 Å². The summed E-state index contributed by atoms with van der Waals surface area (Å²) in [6.07, 6.45) is 0.535. The van der Waals surface area contributed by atoms with Crippen LogP contribution in [0, 0.1) is 0 Å². The van der Waals surface area contributed by atoms with Crippen LogP contribution in [-0.2, 0) is 16.0 Å². The molecular formula is C13H15NO2S2. The van der Waals surface area contributed by atoms with Crippen molar-refractivity contribution in [1.29, 1.82) is 0 Å². The van der Waals surface area contributed by atoms with Gasteiger partial charge in [0.15, 0.2) is 0 Å². The van der Waals surface area contributed by atoms with Crippen LogP contribution in [0.3, 0.4) is 0 Å². The number of nitrogens with two attached hydrogens (primary N) is 1. The number of hydrogen-bond donors (Lipinski definition) is 1. The zero-order valence-corrected chi connectivity index (χ0v) is 11.7. The van der Waals surface area contributed by atoms with Crippen molar-refractivity contribution in [1.82, 2.24) is 0 Å². The van der Waals surface area contributed by atoms with Gasteiger partial charge in [0.25, 0.3) is 0 Å². The summed E-state index contributed by atoms with van der Waals surface area (Å²) in [6, 6.07) is 5.61. The Morgan fingerprint density at radius 1 is 1.44 bits per heavy atom. The van der Waals surface area contributed by atoms with Gasteiger partial charge in [0, 0.05) is 21.7 Å². The number of carbonyl (C=O) groups is 1. The van der Waals surface area contributed by atoms with Crippen LogP contribution in [0.15, 0.2) is 29.0 Å². The third-order valence-electron chi connectivity index (χ3n) is 2.48. The molecule has 0 fully saturated rings. The number of carbonyl (C=O) groups excluding carboxylic acids is 1. The molecule has 0 spiro atoms. The topological polar surface area (TPSA) is 52.3 Å². The molecule has 18 heavy (non-hydrogen) atoms. The van der Waals surface area contributed by atoms with Crippen molar-refractivity contribution in [2.75, 3.05) is 6.61 Å². The van der Waals surface area contributed by atoms with E-state index in [2.05, 4.69) is 22.9 Å². The van der Waals surface area contributed by atoms with Gasteiger partial charge in [-0.05, 0) is 35.9 Å². The molecule has 2 heterocycles. The Labute approximate surface area is 114 Å². The highest BCUT2D eigenvalue weighted by Crippen LogP contribution is 2.30. The van der Waals surface area contributed by atoms with Crippen molar-refractivity contribution in [2.45, 2.75) is 19.4 Å². The molecule has 2 N–H and O–H groups in total. The zero-order chi connectivity index (χ0) is 13.0. The second kappa shape index (κ2) is 6.13. The predicted octanol–water partition coefficient (Wildman–Crippen LogP) is 2.91. The van der Waals surface area contributed by atoms with Crippen molar-refractivity contribution < 1.29 is 9.53 Å². The Hall–Kier alpha value is -1.17. The van der Waals surface area contributed by atoms with E-state index in [9.17, 15) is 4.79 Å². The summed E-state index contributed by atoms with van der Waals surface area (Å²) in [7, 11) is 0. The van der Waals surface area contributed by atoms with Crippen LogP contribution < -0.4 is 5.73 Å². The van der Waals surface area contributed by atoms with Gasteiger partial charge in [0.1, 0.15) is 6.04 Å². The lowest BCUT2D eigenvalue weighted by Crippen LogP contribution is -2.34. The van der Waals surface area contributed by atoms with Crippen LogP contribution >= 0.6 is 22.7 Å². The Morgan fingerprint density at radius 3 is 2.94 bits per heavy atom. The summed E-state index contributed by atoms with van der Waals surface area (Å²) >= 11 is 3.35. The van der Waals surface area contributed by atoms with Crippen molar-refractivity contribution in [3.05, 3.63) is 33.8 Å². The van der Waals surface area contributed by atoms with Gasteiger partial charge < -0.3 is 10.5 Å². The SMILES string of the molecule is CCOC(=O)C(N)Cc1ccc(-c2ccsc2)s1. The number of esters is 1. The summed E-state index contributed by atoms with van der Waals surface area (Å²) < 4.78 is 4.90. The van der Waals surface area contributed by atoms with E-state index in [4.69, 9.17) is 10.5 Å². The van der Waals surface area contributed by atoms with Crippen molar-refractivity contribution in [3.63, 3.8) is 0 Å². The minimum absolute atomic E-state index is 0.331. The van der Waals surface area contributed by atoms with Crippen LogP contribution in [-0.4, -0.2) is 18.6 Å². The normalized spacial score (nSPS) is 12.3. The van der Waals surface area contributed by atoms with E-state index in [0.717, 1.165) is 4.88 Å². The van der Waals surface area contributed by atoms with Gasteiger partial charge in [0.05, 0.1) is 6.61 Å². The van der Waals surface area contributed by atoms with E-state index in [1.165, 1.54) is 10.4 Å². The van der Waals surface area contributed by atoms with E-state index in [-0.39, 0.29) is 5.97 Å². The van der Waals surface area contributed by atoms with Crippen molar-refractivity contribution in [2.24, 2.45) is 5.73 Å². The third-order valence-corrected chi connectivity index (χ3v) is 4.32. The molecule has 0 aliphatic carbocycles. The summed E-state index contributed by atoms with van der Waals surface area (Å²) in [5.41, 5.74) is 7.02. The fraction of sp³-hybridized carbons (Fsp3) is 0.308. The highest BCUT2D eigenvalue weighted by molar-refractivity contribution is 7.16. The molecule has 2 rings (SSSR count). The highest BCUT2D eigenvalue weighted by Gasteiger charge is 2.16. The smallest absolute Gasteiger partial charge is 0.323 e. The summed E-state index contributed by atoms with van der Waals surface area (Å²) in [5, 5.41) is 4.17. The molecule has 3 nitrogen and oxygen atoms in total. The fourth-order valence-electron chi connectivity index (χ4n) is 1.60. The lowest BCUT2D eigenvalue weighted by Gasteiger charge is -2.08. The number of ether oxygens (including phenoxy) is 1. The largest absolute Gasteiger partial charge is 0.465 e. The number of thiophene rings is 2. The molecule has 0 aliphatic rings. The van der Waals surface area contributed by atoms with Gasteiger partial charge in [0.2, 0.25) is 0 Å². The zero-order valence-electron chi connectivity index (χ0n) is 10.1. The van der Waals surface area contributed by atoms with E-state index >= 15 is 0 Å². The molecule has 0 radical (unpaired) electrons. The summed E-state index contributed by atoms with van der Waals surface area (Å²) in [5.74, 6) is -0.331. The number of hydrogen-bond acceptors (Lipinski definition) is 5. The van der Waals surface area contributed by atoms with Gasteiger partial charge in [-0.25, -0.2) is 0 Å². The molecule has 0 amide bonds. The third kappa shape index (κ3) is 3.19. The van der Waals surface area contributed by atoms with Gasteiger partial charge in [-0.1, -0.05) is 0 Å². The minimum atomic E-state index is -0.570. The highest BCUT2D eigenvalue weighted by atomic mass is 32.1. The van der Waals surface area contributed by atoms with Crippen molar-refractivity contribution in [3.8, 4) is 10.4 Å². The van der Waals surface area contributed by atoms with E-state index in [0.29, 0.717) is 13.0 Å². The average molecular weight is 281 g/mol. The molecule has 0 aliphatic heterocycles. The lowest BCUT2D eigenvalue weighted by molar-refractivity contribution is -0.144. The van der Waals surface area contributed by atoms with E-state index < -0.39 is 6.04 Å². The van der Waals surface area contributed by atoms with Crippen LogP contribution in [0.5, 0.6) is 0 Å². The van der Waals surface area contributed by atoms with Crippen molar-refractivity contribution >= 4 is 28.6 Å². The first kappa shape index (κ1) is 13.3. The Bertz CT molecular complexity index is 505. The van der Waals surface area contributed by atoms with E-state index in [1.807, 2.05) is 6.07 Å². The maximum atomic E-state index is 11.4. The average Bonchev–Trinajstić information content (AvgIpc) is 2.98. The van der Waals surface area contributed by atoms with Crippen LogP contribution in [0.4, 0.5) is 0 Å². The second-order valence-corrected chi connectivity index (χ2v) is 5.79. The van der Waals surface area contributed by atoms with Gasteiger partial charge in [-0.2, -0.15) is 11.3 Å². The first-order valence-corrected chi connectivity index (χ1v) is 7.50. The monoisotopic (exact) mass is 281 g/mol. The fourth-order valence-corrected chi connectivity index (χ4v) is 3.39. The van der Waals surface area contributed by atoms with Crippen LogP contribution in [0.1, 0.15) is 11.8 Å². The number of rotatable bonds is 5. The molecule has 2 aromatic rings. The van der Waals surface area contributed by atoms with Crippen LogP contribution in [0.25, 0.3) is 10.4 Å². The lowest BCUT2D eigenvalue weighted by atomic mass is 10.2. The molecular weight excluding hydrogens is 266 g/mol. The molecule has 1 unspecified atom stereocenters. The predicted molar refractivity (Wildman–Crippen MR) is 75.9 cm³/mol. The molecule has 0 saturated heterocycles. The molecule has 2 aromatic heterocycles. The standard InChI is InChI=1S/C13H15NO2S2/c1-2-16-13(15)11(14)7-10-3-4-12(18-10)9-5-6-17-8-9/h3-6,8,11H,2,7,14H2,1H3. The van der Waals surface area contributed by atoms with Gasteiger partial charge in [-0.15, -0.1) is 11.3 Å².